The maximum absolute atomic E-state index is 2.77. The Bertz CT molecular complexity index is 763. The van der Waals surface area contributed by atoms with E-state index in [0.717, 1.165) is 45.8 Å². The first-order valence-corrected chi connectivity index (χ1v) is 15.1. The van der Waals surface area contributed by atoms with E-state index in [1.807, 2.05) is 0 Å². The molecule has 0 heterocycles. The summed E-state index contributed by atoms with van der Waals surface area (Å²) < 4.78 is 0. The summed E-state index contributed by atoms with van der Waals surface area (Å²) >= 11 is 0. The maximum atomic E-state index is 2.77. The Morgan fingerprint density at radius 1 is 0.875 bits per heavy atom. The van der Waals surface area contributed by atoms with Gasteiger partial charge in [-0.25, -0.2) is 0 Å². The van der Waals surface area contributed by atoms with Gasteiger partial charge in [-0.2, -0.15) is 0 Å². The Kier molecular flexibility index (Phi) is 5.29. The van der Waals surface area contributed by atoms with Crippen molar-refractivity contribution in [1.82, 2.24) is 0 Å². The first-order valence-electron chi connectivity index (χ1n) is 15.1. The molecule has 2 unspecified atom stereocenters. The van der Waals surface area contributed by atoms with Crippen LogP contribution in [0.3, 0.4) is 0 Å². The van der Waals surface area contributed by atoms with Gasteiger partial charge in [0.2, 0.25) is 0 Å². The Balaban J connectivity index is 0.00000137. The Labute approximate surface area is 202 Å². The summed E-state index contributed by atoms with van der Waals surface area (Å²) in [6.07, 6.45) is 28.9. The topological polar surface area (TPSA) is 0 Å². The summed E-state index contributed by atoms with van der Waals surface area (Å²) in [6.45, 7) is 10.1. The highest BCUT2D eigenvalue weighted by Gasteiger charge is 2.71. The van der Waals surface area contributed by atoms with Crippen LogP contribution in [0, 0.1) is 51.2 Å². The highest BCUT2D eigenvalue weighted by atomic mass is 14.8. The van der Waals surface area contributed by atoms with Crippen molar-refractivity contribution in [3.05, 3.63) is 11.6 Å². The minimum Gasteiger partial charge on any atom is -0.0856 e. The fourth-order valence-electron chi connectivity index (χ4n) is 11.9. The standard InChI is InChI=1S/C32H52.2H2/c1-5-8-23(3)26-9-7-10-27-25-13-17-31(15-6-2)22-30(18-19-30)20-21-32(31,24-11-12-24)28(25)14-16-29(26,27)4;;/h8,24-28H,5-7,9-22H2,1-4H3;2*1H/b23-8+;;/t25-,26+,27?,28?,29+,31+,32-;;/m0../s1. The van der Waals surface area contributed by atoms with Crippen LogP contribution in [0.5, 0.6) is 0 Å². The molecule has 0 aliphatic heterocycles. The van der Waals surface area contributed by atoms with Gasteiger partial charge in [0.1, 0.15) is 0 Å². The van der Waals surface area contributed by atoms with E-state index in [1.54, 1.807) is 89.0 Å². The molecule has 1 spiro atoms. The summed E-state index contributed by atoms with van der Waals surface area (Å²) in [4.78, 5) is 0. The summed E-state index contributed by atoms with van der Waals surface area (Å²) in [6, 6.07) is 0. The van der Waals surface area contributed by atoms with Gasteiger partial charge in [0.05, 0.1) is 0 Å². The lowest BCUT2D eigenvalue weighted by atomic mass is 9.35. The van der Waals surface area contributed by atoms with Crippen molar-refractivity contribution in [3.8, 4) is 0 Å². The van der Waals surface area contributed by atoms with Gasteiger partial charge in [-0.05, 0) is 154 Å². The molecule has 0 aromatic heterocycles. The predicted molar refractivity (Wildman–Crippen MR) is 141 cm³/mol. The van der Waals surface area contributed by atoms with Crippen LogP contribution in [0.2, 0.25) is 0 Å². The van der Waals surface area contributed by atoms with Crippen LogP contribution in [-0.4, -0.2) is 0 Å². The van der Waals surface area contributed by atoms with Crippen LogP contribution in [0.4, 0.5) is 0 Å². The molecule has 0 amide bonds. The first-order chi connectivity index (χ1) is 15.4. The summed E-state index contributed by atoms with van der Waals surface area (Å²) in [5, 5.41) is 0. The zero-order valence-electron chi connectivity index (χ0n) is 22.0. The molecule has 7 atom stereocenters. The van der Waals surface area contributed by atoms with E-state index >= 15 is 0 Å². The maximum Gasteiger partial charge on any atom is 0 e. The van der Waals surface area contributed by atoms with Gasteiger partial charge in [-0.1, -0.05) is 45.3 Å². The number of rotatable bonds is 5. The van der Waals surface area contributed by atoms with Gasteiger partial charge in [0.15, 0.2) is 0 Å². The third-order valence-electron chi connectivity index (χ3n) is 13.1. The van der Waals surface area contributed by atoms with E-state index in [-0.39, 0.29) is 2.85 Å². The molecule has 0 bridgehead atoms. The molecule has 0 N–H and O–H groups in total. The summed E-state index contributed by atoms with van der Waals surface area (Å²) in [7, 11) is 0. The minimum absolute atomic E-state index is 0. The monoisotopic (exact) mass is 440 g/mol. The average Bonchev–Trinajstić information content (AvgIpc) is 3.70. The van der Waals surface area contributed by atoms with Crippen molar-refractivity contribution in [3.63, 3.8) is 0 Å². The second-order valence-corrected chi connectivity index (χ2v) is 14.3. The second kappa shape index (κ2) is 7.62. The van der Waals surface area contributed by atoms with Crippen LogP contribution in [0.15, 0.2) is 11.6 Å². The largest absolute Gasteiger partial charge is 0.0856 e. The number of allylic oxidation sites excluding steroid dienone is 2. The van der Waals surface area contributed by atoms with E-state index < -0.39 is 0 Å². The van der Waals surface area contributed by atoms with Gasteiger partial charge in [-0.3, -0.25) is 0 Å². The Morgan fingerprint density at radius 3 is 2.34 bits per heavy atom. The van der Waals surface area contributed by atoms with Crippen molar-refractivity contribution in [2.24, 2.45) is 51.2 Å². The molecule has 6 rings (SSSR count). The molecule has 6 aliphatic carbocycles. The van der Waals surface area contributed by atoms with Gasteiger partial charge in [-0.15, -0.1) is 0 Å². The van der Waals surface area contributed by atoms with Crippen molar-refractivity contribution in [2.75, 3.05) is 0 Å². The van der Waals surface area contributed by atoms with Gasteiger partial charge in [0, 0.05) is 2.85 Å². The van der Waals surface area contributed by atoms with Gasteiger partial charge >= 0.3 is 0 Å². The molecule has 6 fully saturated rings. The Hall–Kier alpha value is -0.260. The Morgan fingerprint density at radius 2 is 1.66 bits per heavy atom. The number of hydrogen-bond acceptors (Lipinski definition) is 0. The average molecular weight is 441 g/mol. The quantitative estimate of drug-likeness (QED) is 0.373. The van der Waals surface area contributed by atoms with Gasteiger partial charge < -0.3 is 0 Å². The fourth-order valence-corrected chi connectivity index (χ4v) is 11.9. The minimum atomic E-state index is 0. The van der Waals surface area contributed by atoms with Crippen molar-refractivity contribution in [2.45, 2.75) is 137 Å². The molecule has 0 aromatic rings. The summed E-state index contributed by atoms with van der Waals surface area (Å²) in [5.74, 6) is 5.15. The van der Waals surface area contributed by atoms with E-state index in [1.165, 1.54) is 25.7 Å². The smallest absolute Gasteiger partial charge is 0 e. The van der Waals surface area contributed by atoms with Crippen molar-refractivity contribution in [1.29, 1.82) is 0 Å². The van der Waals surface area contributed by atoms with Gasteiger partial charge in [0.25, 0.3) is 0 Å². The third-order valence-corrected chi connectivity index (χ3v) is 13.1. The molecule has 32 heavy (non-hydrogen) atoms. The first kappa shape index (κ1) is 22.2. The lowest BCUT2D eigenvalue weighted by Gasteiger charge is -2.70. The molecule has 0 heteroatoms. The molecule has 6 saturated carbocycles. The number of hydrogen-bond donors (Lipinski definition) is 0. The fraction of sp³-hybridized carbons (Fsp3) is 0.938. The van der Waals surface area contributed by atoms with Crippen molar-refractivity contribution < 1.29 is 2.85 Å². The SMILES string of the molecule is CC/C=C(\C)[C@H]1CCCC2[C@@H]3CC[C@]4(CCC)CC5(CC5)CC[C@]4(C4CC4)C3CC[C@@]21C.[HH].[HH]. The van der Waals surface area contributed by atoms with E-state index in [4.69, 9.17) is 0 Å². The van der Waals surface area contributed by atoms with Crippen LogP contribution in [-0.2, 0) is 0 Å². The molecule has 0 saturated heterocycles. The summed E-state index contributed by atoms with van der Waals surface area (Å²) in [5.41, 5.74) is 4.65. The third kappa shape index (κ3) is 2.98. The molecule has 6 aliphatic rings. The van der Waals surface area contributed by atoms with Crippen LogP contribution >= 0.6 is 0 Å². The lowest BCUT2D eigenvalue weighted by molar-refractivity contribution is -0.206. The van der Waals surface area contributed by atoms with E-state index in [9.17, 15) is 0 Å². The second-order valence-electron chi connectivity index (χ2n) is 14.3. The van der Waals surface area contributed by atoms with Crippen molar-refractivity contribution >= 4 is 0 Å². The zero-order valence-corrected chi connectivity index (χ0v) is 22.0. The molecule has 0 nitrogen and oxygen atoms in total. The molecular formula is C32H56. The highest BCUT2D eigenvalue weighted by Crippen LogP contribution is 2.80. The normalized spacial score (nSPS) is 49.8. The highest BCUT2D eigenvalue weighted by molar-refractivity contribution is 5.22. The number of fused-ring (bicyclic) bond motifs is 5. The predicted octanol–water partition coefficient (Wildman–Crippen LogP) is 10.2. The molecule has 184 valence electrons. The molecule has 0 radical (unpaired) electrons. The molecule has 0 aromatic carbocycles. The van der Waals surface area contributed by atoms with E-state index in [2.05, 4.69) is 33.8 Å². The molecular weight excluding hydrogens is 384 g/mol. The lowest BCUT2D eigenvalue weighted by Crippen LogP contribution is -2.62. The van der Waals surface area contributed by atoms with E-state index in [0.29, 0.717) is 5.41 Å². The van der Waals surface area contributed by atoms with Crippen LogP contribution < -0.4 is 0 Å². The van der Waals surface area contributed by atoms with Crippen LogP contribution in [0.25, 0.3) is 0 Å². The van der Waals surface area contributed by atoms with Crippen LogP contribution in [0.1, 0.15) is 140 Å². The zero-order chi connectivity index (χ0) is 22.2.